The van der Waals surface area contributed by atoms with Gasteiger partial charge in [-0.1, -0.05) is 25.1 Å². The highest BCUT2D eigenvalue weighted by molar-refractivity contribution is 5.97. The van der Waals surface area contributed by atoms with Crippen molar-refractivity contribution in [3.05, 3.63) is 64.5 Å². The molecular weight excluding hydrogens is 354 g/mol. The molecule has 2 aromatic carbocycles. The monoisotopic (exact) mass is 377 g/mol. The second kappa shape index (κ2) is 8.17. The Labute approximate surface area is 164 Å². The first-order valence-electron chi connectivity index (χ1n) is 9.19. The molecule has 1 amide bonds. The minimum atomic E-state index is -0.572. The van der Waals surface area contributed by atoms with Crippen molar-refractivity contribution >= 4 is 28.6 Å². The molecule has 0 bridgehead atoms. The lowest BCUT2D eigenvalue weighted by Crippen LogP contribution is -2.22. The highest BCUT2D eigenvalue weighted by atomic mass is 16.5. The summed E-state index contributed by atoms with van der Waals surface area (Å²) in [4.78, 5) is 33.5. The molecule has 0 aliphatic carbocycles. The van der Waals surface area contributed by atoms with Crippen LogP contribution in [-0.2, 0) is 16.0 Å². The molecule has 144 valence electrons. The number of fused-ring (bicyclic) bond motifs is 1. The van der Waals surface area contributed by atoms with Crippen molar-refractivity contribution in [1.82, 2.24) is 9.97 Å². The van der Waals surface area contributed by atoms with Gasteiger partial charge < -0.3 is 10.1 Å². The second-order valence-electron chi connectivity index (χ2n) is 6.68. The van der Waals surface area contributed by atoms with Gasteiger partial charge in [0.1, 0.15) is 0 Å². The summed E-state index contributed by atoms with van der Waals surface area (Å²) in [6.45, 7) is 7.36. The van der Waals surface area contributed by atoms with Crippen molar-refractivity contribution < 1.29 is 14.3 Å². The zero-order chi connectivity index (χ0) is 20.3. The number of esters is 1. The predicted molar refractivity (Wildman–Crippen MR) is 108 cm³/mol. The van der Waals surface area contributed by atoms with Gasteiger partial charge in [0, 0.05) is 5.69 Å². The van der Waals surface area contributed by atoms with Crippen molar-refractivity contribution in [2.24, 2.45) is 0 Å². The van der Waals surface area contributed by atoms with E-state index in [9.17, 15) is 9.59 Å². The van der Waals surface area contributed by atoms with E-state index < -0.39 is 5.97 Å². The quantitative estimate of drug-likeness (QED) is 0.682. The summed E-state index contributed by atoms with van der Waals surface area (Å²) >= 11 is 0. The van der Waals surface area contributed by atoms with Crippen LogP contribution >= 0.6 is 0 Å². The number of amides is 1. The lowest BCUT2D eigenvalue weighted by Gasteiger charge is -2.13. The Kier molecular flexibility index (Phi) is 5.68. The van der Waals surface area contributed by atoms with Crippen molar-refractivity contribution in [3.63, 3.8) is 0 Å². The van der Waals surface area contributed by atoms with E-state index in [1.807, 2.05) is 45.9 Å². The minimum absolute atomic E-state index is 0.336. The number of nitrogens with one attached hydrogen (secondary N) is 1. The van der Waals surface area contributed by atoms with Gasteiger partial charge in [0.15, 0.2) is 6.61 Å². The molecule has 3 aromatic rings. The average Bonchev–Trinajstić information content (AvgIpc) is 2.68. The Morgan fingerprint density at radius 3 is 2.43 bits per heavy atom. The highest BCUT2D eigenvalue weighted by Crippen LogP contribution is 2.21. The molecule has 0 aliphatic rings. The van der Waals surface area contributed by atoms with Gasteiger partial charge in [0.2, 0.25) is 0 Å². The Bertz CT molecular complexity index is 1060. The van der Waals surface area contributed by atoms with Gasteiger partial charge in [0.05, 0.1) is 28.0 Å². The zero-order valence-corrected chi connectivity index (χ0v) is 16.5. The van der Waals surface area contributed by atoms with Crippen molar-refractivity contribution in [3.8, 4) is 0 Å². The minimum Gasteiger partial charge on any atom is -0.452 e. The molecule has 6 heteroatoms. The van der Waals surface area contributed by atoms with E-state index in [1.54, 1.807) is 18.2 Å². The Morgan fingerprint density at radius 2 is 1.71 bits per heavy atom. The summed E-state index contributed by atoms with van der Waals surface area (Å²) in [5.41, 5.74) is 6.11. The smallest absolute Gasteiger partial charge is 0.338 e. The number of hydrogen-bond acceptors (Lipinski definition) is 5. The maximum absolute atomic E-state index is 12.3. The molecule has 1 heterocycles. The number of carbonyl (C=O) groups excluding carboxylic acids is 2. The van der Waals surface area contributed by atoms with Gasteiger partial charge in [-0.05, 0) is 56.5 Å². The Balaban J connectivity index is 1.68. The molecule has 28 heavy (non-hydrogen) atoms. The fourth-order valence-corrected chi connectivity index (χ4v) is 2.95. The van der Waals surface area contributed by atoms with Crippen LogP contribution in [0.25, 0.3) is 11.0 Å². The first-order valence-corrected chi connectivity index (χ1v) is 9.19. The second-order valence-corrected chi connectivity index (χ2v) is 6.68. The standard InChI is InChI=1S/C22H23N3O3/c1-5-16-8-6-7-13(2)21(16)25-20(26)12-28-22(27)17-9-10-18-19(11-17)24-15(4)14(3)23-18/h6-11H,5,12H2,1-4H3,(H,25,26). The third-order valence-corrected chi connectivity index (χ3v) is 4.65. The van der Waals surface area contributed by atoms with Crippen LogP contribution < -0.4 is 5.32 Å². The topological polar surface area (TPSA) is 81.2 Å². The van der Waals surface area contributed by atoms with Gasteiger partial charge in [-0.3, -0.25) is 4.79 Å². The SMILES string of the molecule is CCc1cccc(C)c1NC(=O)COC(=O)c1ccc2nc(C)c(C)nc2c1. The number of aryl methyl sites for hydroxylation is 4. The molecule has 0 fully saturated rings. The van der Waals surface area contributed by atoms with Gasteiger partial charge in [-0.25, -0.2) is 14.8 Å². The number of benzene rings is 2. The molecule has 6 nitrogen and oxygen atoms in total. The predicted octanol–water partition coefficient (Wildman–Crippen LogP) is 3.91. The van der Waals surface area contributed by atoms with Crippen molar-refractivity contribution in [2.45, 2.75) is 34.1 Å². The molecule has 1 aromatic heterocycles. The van der Waals surface area contributed by atoms with Crippen molar-refractivity contribution in [2.75, 3.05) is 11.9 Å². The lowest BCUT2D eigenvalue weighted by molar-refractivity contribution is -0.119. The number of anilines is 1. The van der Waals surface area contributed by atoms with E-state index >= 15 is 0 Å². The van der Waals surface area contributed by atoms with Crippen LogP contribution in [0.15, 0.2) is 36.4 Å². The van der Waals surface area contributed by atoms with E-state index in [2.05, 4.69) is 15.3 Å². The summed E-state index contributed by atoms with van der Waals surface area (Å²) in [7, 11) is 0. The van der Waals surface area contributed by atoms with E-state index in [4.69, 9.17) is 4.74 Å². The van der Waals surface area contributed by atoms with Crippen LogP contribution in [0.1, 0.15) is 39.8 Å². The van der Waals surface area contributed by atoms with Gasteiger partial charge in [0.25, 0.3) is 5.91 Å². The molecular formula is C22H23N3O3. The summed E-state index contributed by atoms with van der Waals surface area (Å²) in [5, 5.41) is 2.84. The summed E-state index contributed by atoms with van der Waals surface area (Å²) in [6, 6.07) is 10.8. The van der Waals surface area contributed by atoms with Gasteiger partial charge in [-0.2, -0.15) is 0 Å². The molecule has 1 N–H and O–H groups in total. The maximum atomic E-state index is 12.3. The third-order valence-electron chi connectivity index (χ3n) is 4.65. The summed E-state index contributed by atoms with van der Waals surface area (Å²) in [5.74, 6) is -0.943. The molecule has 0 aliphatic heterocycles. The van der Waals surface area contributed by atoms with Gasteiger partial charge >= 0.3 is 5.97 Å². The molecule has 0 radical (unpaired) electrons. The van der Waals surface area contributed by atoms with Crippen molar-refractivity contribution in [1.29, 1.82) is 0 Å². The van der Waals surface area contributed by atoms with Crippen LogP contribution in [0, 0.1) is 20.8 Å². The molecule has 0 spiro atoms. The van der Waals surface area contributed by atoms with Crippen LogP contribution in [0.5, 0.6) is 0 Å². The average molecular weight is 377 g/mol. The largest absolute Gasteiger partial charge is 0.452 e. The molecule has 3 rings (SSSR count). The molecule has 0 saturated carbocycles. The molecule has 0 saturated heterocycles. The van der Waals surface area contributed by atoms with Crippen LogP contribution in [0.4, 0.5) is 5.69 Å². The maximum Gasteiger partial charge on any atom is 0.338 e. The highest BCUT2D eigenvalue weighted by Gasteiger charge is 2.14. The lowest BCUT2D eigenvalue weighted by atomic mass is 10.1. The van der Waals surface area contributed by atoms with Crippen LogP contribution in [-0.4, -0.2) is 28.5 Å². The Hall–Kier alpha value is -3.28. The third kappa shape index (κ3) is 4.17. The van der Waals surface area contributed by atoms with E-state index in [0.717, 1.165) is 34.6 Å². The fraction of sp³-hybridized carbons (Fsp3) is 0.273. The van der Waals surface area contributed by atoms with E-state index in [1.165, 1.54) is 0 Å². The van der Waals surface area contributed by atoms with Crippen LogP contribution in [0.2, 0.25) is 0 Å². The number of hydrogen-bond donors (Lipinski definition) is 1. The van der Waals surface area contributed by atoms with Gasteiger partial charge in [-0.15, -0.1) is 0 Å². The normalized spacial score (nSPS) is 10.7. The zero-order valence-electron chi connectivity index (χ0n) is 16.5. The molecule has 0 unspecified atom stereocenters. The number of carbonyl (C=O) groups is 2. The summed E-state index contributed by atoms with van der Waals surface area (Å²) < 4.78 is 5.18. The fourth-order valence-electron chi connectivity index (χ4n) is 2.95. The van der Waals surface area contributed by atoms with E-state index in [0.29, 0.717) is 16.6 Å². The first kappa shape index (κ1) is 19.5. The molecule has 0 atom stereocenters. The van der Waals surface area contributed by atoms with Crippen LogP contribution in [0.3, 0.4) is 0 Å². The first-order chi connectivity index (χ1) is 13.4. The summed E-state index contributed by atoms with van der Waals surface area (Å²) in [6.07, 6.45) is 0.800. The number of para-hydroxylation sites is 1. The number of ether oxygens (including phenoxy) is 1. The number of rotatable bonds is 5. The van der Waals surface area contributed by atoms with E-state index in [-0.39, 0.29) is 12.5 Å². The number of aromatic nitrogens is 2. The number of nitrogens with zero attached hydrogens (tertiary/aromatic N) is 2. The Morgan fingerprint density at radius 1 is 1.00 bits per heavy atom.